The molecule has 2 N–H and O–H groups in total. The predicted octanol–water partition coefficient (Wildman–Crippen LogP) is 8.37. The topological polar surface area (TPSA) is 39.7 Å². The van der Waals surface area contributed by atoms with Gasteiger partial charge in [0.05, 0.1) is 17.1 Å². The fraction of sp³-hybridized carbons (Fsp3) is 0.367. The number of anilines is 3. The summed E-state index contributed by atoms with van der Waals surface area (Å²) in [6.45, 7) is 2.26. The first-order valence-electron chi connectivity index (χ1n) is 12.8. The van der Waals surface area contributed by atoms with Crippen molar-refractivity contribution in [3.8, 4) is 0 Å². The Morgan fingerprint density at radius 1 is 0.800 bits per heavy atom. The van der Waals surface area contributed by atoms with Crippen molar-refractivity contribution in [2.24, 2.45) is 4.99 Å². The first-order valence-corrected chi connectivity index (χ1v) is 12.8. The summed E-state index contributed by atoms with van der Waals surface area (Å²) in [7, 11) is 3.99. The average Bonchev–Trinajstić information content (AvgIpc) is 2.87. The molecular formula is C30H39FN4. The van der Waals surface area contributed by atoms with Crippen molar-refractivity contribution in [2.45, 2.75) is 58.3 Å². The standard InChI is InChI=1S/C30H39FN4/c1-4-5-6-7-8-9-10-11-24-12-15-26(16-13-24)32-23-25-14-21-30(29(31)22-25)34-33-27-17-19-28(20-18-27)35(2)3/h12-23,33-34H,4-11H2,1-3H3/b32-23+. The van der Waals surface area contributed by atoms with Crippen molar-refractivity contribution in [2.75, 3.05) is 29.8 Å². The lowest BCUT2D eigenvalue weighted by Crippen LogP contribution is -2.11. The molecule has 3 aromatic rings. The molecule has 3 rings (SSSR count). The van der Waals surface area contributed by atoms with Gasteiger partial charge in [-0.15, -0.1) is 0 Å². The number of halogens is 1. The van der Waals surface area contributed by atoms with E-state index in [1.54, 1.807) is 12.3 Å². The van der Waals surface area contributed by atoms with Crippen LogP contribution in [0.3, 0.4) is 0 Å². The maximum absolute atomic E-state index is 14.6. The molecule has 0 aliphatic carbocycles. The van der Waals surface area contributed by atoms with Crippen LogP contribution in [-0.2, 0) is 6.42 Å². The minimum absolute atomic E-state index is 0.337. The second-order valence-electron chi connectivity index (χ2n) is 9.23. The van der Waals surface area contributed by atoms with Crippen LogP contribution >= 0.6 is 0 Å². The monoisotopic (exact) mass is 474 g/mol. The highest BCUT2D eigenvalue weighted by atomic mass is 19.1. The summed E-state index contributed by atoms with van der Waals surface area (Å²) < 4.78 is 14.6. The summed E-state index contributed by atoms with van der Waals surface area (Å²) in [4.78, 5) is 6.54. The summed E-state index contributed by atoms with van der Waals surface area (Å²) in [6, 6.07) is 21.3. The molecule has 0 aliphatic heterocycles. The highest BCUT2D eigenvalue weighted by molar-refractivity contribution is 5.82. The number of nitrogens with one attached hydrogen (secondary N) is 2. The van der Waals surface area contributed by atoms with Gasteiger partial charge in [-0.05, 0) is 72.5 Å². The quantitative estimate of drug-likeness (QED) is 0.140. The molecule has 0 spiro atoms. The second kappa shape index (κ2) is 14.1. The van der Waals surface area contributed by atoms with Crippen LogP contribution in [0.1, 0.15) is 63.0 Å². The van der Waals surface area contributed by atoms with Crippen molar-refractivity contribution in [1.82, 2.24) is 0 Å². The number of nitrogens with zero attached hydrogens (tertiary/aromatic N) is 2. The minimum atomic E-state index is -0.337. The van der Waals surface area contributed by atoms with Gasteiger partial charge in [0.25, 0.3) is 0 Å². The smallest absolute Gasteiger partial charge is 0.148 e. The molecule has 0 radical (unpaired) electrons. The summed E-state index contributed by atoms with van der Waals surface area (Å²) >= 11 is 0. The zero-order valence-electron chi connectivity index (χ0n) is 21.4. The van der Waals surface area contributed by atoms with Crippen LogP contribution in [-0.4, -0.2) is 20.3 Å². The second-order valence-corrected chi connectivity index (χ2v) is 9.23. The summed E-state index contributed by atoms with van der Waals surface area (Å²) in [5, 5.41) is 0. The third-order valence-electron chi connectivity index (χ3n) is 6.09. The van der Waals surface area contributed by atoms with Crippen molar-refractivity contribution in [3.05, 3.63) is 83.7 Å². The SMILES string of the molecule is CCCCCCCCCc1ccc(/N=C/c2ccc(NNc3ccc(N(C)C)cc3)c(F)c2)cc1. The molecule has 0 aromatic heterocycles. The molecule has 0 unspecified atom stereocenters. The fourth-order valence-corrected chi connectivity index (χ4v) is 3.88. The first kappa shape index (κ1) is 26.3. The van der Waals surface area contributed by atoms with Crippen molar-refractivity contribution < 1.29 is 4.39 Å². The molecule has 0 heterocycles. The van der Waals surface area contributed by atoms with Gasteiger partial charge in [-0.25, -0.2) is 4.39 Å². The Balaban J connectivity index is 1.45. The van der Waals surface area contributed by atoms with Gasteiger partial charge in [-0.3, -0.25) is 10.4 Å². The Kier molecular flexibility index (Phi) is 10.6. The Hall–Kier alpha value is -3.34. The molecule has 4 nitrogen and oxygen atoms in total. The Morgan fingerprint density at radius 3 is 2.14 bits per heavy atom. The van der Waals surface area contributed by atoms with Crippen molar-refractivity contribution >= 4 is 29.0 Å². The van der Waals surface area contributed by atoms with Crippen LogP contribution in [0, 0.1) is 5.82 Å². The summed E-state index contributed by atoms with van der Waals surface area (Å²) in [5.74, 6) is -0.337. The van der Waals surface area contributed by atoms with E-state index in [0.29, 0.717) is 5.69 Å². The molecular weight excluding hydrogens is 435 g/mol. The van der Waals surface area contributed by atoms with E-state index in [0.717, 1.165) is 29.0 Å². The molecule has 0 amide bonds. The minimum Gasteiger partial charge on any atom is -0.378 e. The van der Waals surface area contributed by atoms with Gasteiger partial charge < -0.3 is 10.3 Å². The number of benzene rings is 3. The van der Waals surface area contributed by atoms with Crippen LogP contribution in [0.2, 0.25) is 0 Å². The van der Waals surface area contributed by atoms with Crippen LogP contribution < -0.4 is 15.8 Å². The van der Waals surface area contributed by atoms with Gasteiger partial charge in [0.15, 0.2) is 0 Å². The van der Waals surface area contributed by atoms with Gasteiger partial charge in [0.2, 0.25) is 0 Å². The lowest BCUT2D eigenvalue weighted by molar-refractivity contribution is 0.589. The van der Waals surface area contributed by atoms with Gasteiger partial charge in [0.1, 0.15) is 5.82 Å². The van der Waals surface area contributed by atoms with Crippen molar-refractivity contribution in [1.29, 1.82) is 0 Å². The van der Waals surface area contributed by atoms with E-state index in [2.05, 4.69) is 34.9 Å². The highest BCUT2D eigenvalue weighted by Crippen LogP contribution is 2.20. The molecule has 0 fully saturated rings. The average molecular weight is 475 g/mol. The van der Waals surface area contributed by atoms with Gasteiger partial charge >= 0.3 is 0 Å². The zero-order chi connectivity index (χ0) is 24.9. The number of hydrogen-bond acceptors (Lipinski definition) is 4. The number of hydrogen-bond donors (Lipinski definition) is 2. The maximum Gasteiger partial charge on any atom is 0.148 e. The van der Waals surface area contributed by atoms with Crippen LogP contribution in [0.5, 0.6) is 0 Å². The molecule has 5 heteroatoms. The predicted molar refractivity (Wildman–Crippen MR) is 150 cm³/mol. The molecule has 186 valence electrons. The van der Waals surface area contributed by atoms with Gasteiger partial charge in [-0.1, -0.05) is 63.6 Å². The van der Waals surface area contributed by atoms with Crippen LogP contribution in [0.15, 0.2) is 71.7 Å². The zero-order valence-corrected chi connectivity index (χ0v) is 21.4. The van der Waals surface area contributed by atoms with Crippen LogP contribution in [0.25, 0.3) is 0 Å². The third-order valence-corrected chi connectivity index (χ3v) is 6.09. The summed E-state index contributed by atoms with van der Waals surface area (Å²) in [5.41, 5.74) is 11.3. The largest absolute Gasteiger partial charge is 0.378 e. The normalized spacial score (nSPS) is 11.1. The number of unbranched alkanes of at least 4 members (excludes halogenated alkanes) is 6. The molecule has 0 saturated carbocycles. The number of aryl methyl sites for hydroxylation is 1. The number of hydrazine groups is 1. The molecule has 35 heavy (non-hydrogen) atoms. The van der Waals surface area contributed by atoms with E-state index in [1.807, 2.05) is 61.5 Å². The van der Waals surface area contributed by atoms with Crippen LogP contribution in [0.4, 0.5) is 27.1 Å². The molecule has 0 bridgehead atoms. The molecule has 0 saturated heterocycles. The van der Waals surface area contributed by atoms with Gasteiger partial charge in [0, 0.05) is 26.0 Å². The molecule has 3 aromatic carbocycles. The Labute approximate surface area is 210 Å². The lowest BCUT2D eigenvalue weighted by Gasteiger charge is -2.14. The van der Waals surface area contributed by atoms with E-state index < -0.39 is 0 Å². The third kappa shape index (κ3) is 9.08. The van der Waals surface area contributed by atoms with E-state index in [1.165, 1.54) is 56.6 Å². The molecule has 0 atom stereocenters. The van der Waals surface area contributed by atoms with E-state index >= 15 is 0 Å². The van der Waals surface area contributed by atoms with E-state index in [4.69, 9.17) is 0 Å². The Bertz CT molecular complexity index is 1040. The number of rotatable bonds is 14. The van der Waals surface area contributed by atoms with Crippen molar-refractivity contribution in [3.63, 3.8) is 0 Å². The summed E-state index contributed by atoms with van der Waals surface area (Å²) in [6.07, 6.45) is 12.1. The van der Waals surface area contributed by atoms with E-state index in [9.17, 15) is 4.39 Å². The van der Waals surface area contributed by atoms with E-state index in [-0.39, 0.29) is 5.82 Å². The highest BCUT2D eigenvalue weighted by Gasteiger charge is 2.03. The molecule has 0 aliphatic rings. The first-order chi connectivity index (χ1) is 17.0. The van der Waals surface area contributed by atoms with Gasteiger partial charge in [-0.2, -0.15) is 0 Å². The lowest BCUT2D eigenvalue weighted by atomic mass is 10.0. The number of aliphatic imine (C=N–C) groups is 1. The Morgan fingerprint density at radius 2 is 1.49 bits per heavy atom. The maximum atomic E-state index is 14.6. The fourth-order valence-electron chi connectivity index (χ4n) is 3.88.